The molecule has 4 rings (SSSR count). The number of anilines is 1. The molecule has 2 amide bonds. The molecule has 43 heavy (non-hydrogen) atoms. The van der Waals surface area contributed by atoms with Crippen molar-refractivity contribution in [3.05, 3.63) is 101 Å². The van der Waals surface area contributed by atoms with E-state index in [9.17, 15) is 22.4 Å². The minimum atomic E-state index is -3.60. The molecule has 1 N–H and O–H groups in total. The third-order valence-corrected chi connectivity index (χ3v) is 9.19. The zero-order chi connectivity index (χ0) is 30.8. The number of nitrogens with zero attached hydrogens (tertiary/aromatic N) is 2. The summed E-state index contributed by atoms with van der Waals surface area (Å²) in [5, 5.41) is 3.18. The smallest absolute Gasteiger partial charge is 0.243 e. The van der Waals surface area contributed by atoms with Gasteiger partial charge in [-0.05, 0) is 49.9 Å². The number of hydrogen-bond donors (Lipinski definition) is 1. The highest BCUT2D eigenvalue weighted by Gasteiger charge is 2.32. The molecule has 1 atom stereocenters. The zero-order valence-electron chi connectivity index (χ0n) is 25.0. The molecule has 0 radical (unpaired) electrons. The van der Waals surface area contributed by atoms with Crippen LogP contribution in [0.15, 0.2) is 78.9 Å². The summed E-state index contributed by atoms with van der Waals surface area (Å²) in [5.41, 5.74) is 2.74. The number of carbonyl (C=O) groups excluding carboxylic acids is 2. The standard InChI is InChI=1S/C34H42FN3O4S/c1-26-19-21-30(22-20-26)38(43(2,41)42)23-11-18-33(39)37(25-28-14-9-10-17-31(28)35)32(24-27-12-5-3-6-13-27)34(40)36-29-15-7-4-8-16-29/h3,5-6,9-10,12-14,17,19-22,29,32H,4,7-8,11,15-16,18,23-25H2,1-2H3,(H,36,40)/t32-/m0/s1. The molecule has 9 heteroatoms. The third kappa shape index (κ3) is 9.38. The molecule has 0 unspecified atom stereocenters. The van der Waals surface area contributed by atoms with Gasteiger partial charge >= 0.3 is 0 Å². The Morgan fingerprint density at radius 1 is 0.930 bits per heavy atom. The predicted molar refractivity (Wildman–Crippen MR) is 169 cm³/mol. The van der Waals surface area contributed by atoms with E-state index in [0.717, 1.165) is 49.5 Å². The van der Waals surface area contributed by atoms with Gasteiger partial charge in [0, 0.05) is 37.5 Å². The number of aryl methyl sites for hydroxylation is 1. The summed E-state index contributed by atoms with van der Waals surface area (Å²) < 4.78 is 41.4. The molecule has 1 fully saturated rings. The molecule has 0 aliphatic heterocycles. The normalized spacial score (nSPS) is 14.6. The molecular formula is C34H42FN3O4S. The third-order valence-electron chi connectivity index (χ3n) is 8.00. The fourth-order valence-corrected chi connectivity index (χ4v) is 6.59. The monoisotopic (exact) mass is 607 g/mol. The molecule has 1 aliphatic carbocycles. The summed E-state index contributed by atoms with van der Waals surface area (Å²) >= 11 is 0. The average molecular weight is 608 g/mol. The van der Waals surface area contributed by atoms with Crippen molar-refractivity contribution in [2.75, 3.05) is 17.1 Å². The van der Waals surface area contributed by atoms with Gasteiger partial charge in [0.05, 0.1) is 11.9 Å². The van der Waals surface area contributed by atoms with Gasteiger partial charge in [-0.2, -0.15) is 0 Å². The second-order valence-corrected chi connectivity index (χ2v) is 13.3. The fraction of sp³-hybridized carbons (Fsp3) is 0.412. The first-order chi connectivity index (χ1) is 20.6. The number of sulfonamides is 1. The minimum Gasteiger partial charge on any atom is -0.352 e. The molecule has 0 saturated heterocycles. The van der Waals surface area contributed by atoms with E-state index in [2.05, 4.69) is 5.32 Å². The highest BCUT2D eigenvalue weighted by molar-refractivity contribution is 7.92. The van der Waals surface area contributed by atoms with Crippen molar-refractivity contribution in [2.24, 2.45) is 0 Å². The SMILES string of the molecule is Cc1ccc(N(CCCC(=O)N(Cc2ccccc2F)[C@@H](Cc2ccccc2)C(=O)NC2CCCCC2)S(C)(=O)=O)cc1. The molecule has 7 nitrogen and oxygen atoms in total. The van der Waals surface area contributed by atoms with E-state index in [4.69, 9.17) is 0 Å². The lowest BCUT2D eigenvalue weighted by Crippen LogP contribution is -2.53. The molecule has 0 spiro atoms. The van der Waals surface area contributed by atoms with E-state index in [0.29, 0.717) is 11.3 Å². The van der Waals surface area contributed by atoms with Crippen molar-refractivity contribution in [1.82, 2.24) is 10.2 Å². The number of benzene rings is 3. The molecule has 0 bridgehead atoms. The molecular weight excluding hydrogens is 565 g/mol. The maximum absolute atomic E-state index is 14.9. The van der Waals surface area contributed by atoms with Gasteiger partial charge in [-0.3, -0.25) is 13.9 Å². The molecule has 1 aliphatic rings. The molecule has 0 heterocycles. The topological polar surface area (TPSA) is 86.8 Å². The summed E-state index contributed by atoms with van der Waals surface area (Å²) in [5.74, 6) is -1.03. The van der Waals surface area contributed by atoms with Crippen LogP contribution in [0.2, 0.25) is 0 Å². The first-order valence-electron chi connectivity index (χ1n) is 15.0. The van der Waals surface area contributed by atoms with Crippen molar-refractivity contribution in [3.63, 3.8) is 0 Å². The summed E-state index contributed by atoms with van der Waals surface area (Å²) in [7, 11) is -3.60. The molecule has 230 valence electrons. The minimum absolute atomic E-state index is 0.00562. The first kappa shape index (κ1) is 32.2. The molecule has 0 aromatic heterocycles. The van der Waals surface area contributed by atoms with Gasteiger partial charge in [-0.1, -0.05) is 85.5 Å². The molecule has 1 saturated carbocycles. The van der Waals surface area contributed by atoms with Crippen LogP contribution < -0.4 is 9.62 Å². The quantitative estimate of drug-likeness (QED) is 0.267. The predicted octanol–water partition coefficient (Wildman–Crippen LogP) is 5.77. The van der Waals surface area contributed by atoms with Crippen LogP contribution in [0.3, 0.4) is 0 Å². The maximum atomic E-state index is 14.9. The fourth-order valence-electron chi connectivity index (χ4n) is 5.62. The van der Waals surface area contributed by atoms with Gasteiger partial charge in [-0.15, -0.1) is 0 Å². The largest absolute Gasteiger partial charge is 0.352 e. The van der Waals surface area contributed by atoms with E-state index in [1.165, 1.54) is 15.3 Å². The van der Waals surface area contributed by atoms with Crippen LogP contribution in [0.1, 0.15) is 61.6 Å². The summed E-state index contributed by atoms with van der Waals surface area (Å²) in [6, 6.07) is 22.1. The van der Waals surface area contributed by atoms with Crippen LogP contribution in [0.4, 0.5) is 10.1 Å². The van der Waals surface area contributed by atoms with Gasteiger partial charge < -0.3 is 10.2 Å². The number of rotatable bonds is 13. The van der Waals surface area contributed by atoms with Crippen molar-refractivity contribution >= 4 is 27.5 Å². The zero-order valence-corrected chi connectivity index (χ0v) is 25.9. The molecule has 3 aromatic rings. The van der Waals surface area contributed by atoms with E-state index >= 15 is 0 Å². The highest BCUT2D eigenvalue weighted by atomic mass is 32.2. The maximum Gasteiger partial charge on any atom is 0.243 e. The number of hydrogen-bond acceptors (Lipinski definition) is 4. The van der Waals surface area contributed by atoms with Gasteiger partial charge in [0.15, 0.2) is 0 Å². The van der Waals surface area contributed by atoms with Crippen LogP contribution in [-0.2, 0) is 32.6 Å². The van der Waals surface area contributed by atoms with E-state index in [-0.39, 0.29) is 50.2 Å². The van der Waals surface area contributed by atoms with Crippen LogP contribution in [0.5, 0.6) is 0 Å². The Morgan fingerprint density at radius 3 is 2.23 bits per heavy atom. The first-order valence-corrected chi connectivity index (χ1v) is 16.9. The lowest BCUT2D eigenvalue weighted by atomic mass is 9.94. The van der Waals surface area contributed by atoms with Gasteiger partial charge in [0.25, 0.3) is 0 Å². The molecule has 3 aromatic carbocycles. The van der Waals surface area contributed by atoms with Gasteiger partial charge in [0.1, 0.15) is 11.9 Å². The lowest BCUT2D eigenvalue weighted by Gasteiger charge is -2.34. The number of nitrogens with one attached hydrogen (secondary N) is 1. The van der Waals surface area contributed by atoms with Gasteiger partial charge in [-0.25, -0.2) is 12.8 Å². The summed E-state index contributed by atoms with van der Waals surface area (Å²) in [4.78, 5) is 29.3. The Kier molecular flexibility index (Phi) is 11.3. The van der Waals surface area contributed by atoms with Crippen LogP contribution in [0.25, 0.3) is 0 Å². The Labute approximate surface area is 255 Å². The summed E-state index contributed by atoms with van der Waals surface area (Å²) in [6.45, 7) is 1.95. The Balaban J connectivity index is 1.59. The Bertz CT molecular complexity index is 1460. The Morgan fingerprint density at radius 2 is 1.58 bits per heavy atom. The lowest BCUT2D eigenvalue weighted by molar-refractivity contribution is -0.141. The van der Waals surface area contributed by atoms with E-state index < -0.39 is 21.9 Å². The second-order valence-electron chi connectivity index (χ2n) is 11.4. The van der Waals surface area contributed by atoms with Crippen molar-refractivity contribution in [3.8, 4) is 0 Å². The van der Waals surface area contributed by atoms with Crippen LogP contribution in [-0.4, -0.2) is 50.0 Å². The summed E-state index contributed by atoms with van der Waals surface area (Å²) in [6.07, 6.45) is 6.67. The van der Waals surface area contributed by atoms with Crippen LogP contribution in [0, 0.1) is 12.7 Å². The Hall–Kier alpha value is -3.72. The van der Waals surface area contributed by atoms with Crippen molar-refractivity contribution in [2.45, 2.75) is 76.9 Å². The number of halogens is 1. The second kappa shape index (κ2) is 15.1. The highest BCUT2D eigenvalue weighted by Crippen LogP contribution is 2.23. The van der Waals surface area contributed by atoms with Gasteiger partial charge in [0.2, 0.25) is 21.8 Å². The van der Waals surface area contributed by atoms with Crippen molar-refractivity contribution < 1.29 is 22.4 Å². The average Bonchev–Trinajstić information content (AvgIpc) is 2.99. The van der Waals surface area contributed by atoms with E-state index in [1.54, 1.807) is 30.3 Å². The van der Waals surface area contributed by atoms with E-state index in [1.807, 2.05) is 49.4 Å². The van der Waals surface area contributed by atoms with Crippen molar-refractivity contribution in [1.29, 1.82) is 0 Å². The number of amides is 2. The van der Waals surface area contributed by atoms with Crippen LogP contribution >= 0.6 is 0 Å². The number of carbonyl (C=O) groups is 2.